The molecular formula is C16H14FN3O2. The Bertz CT molecular complexity index is 859. The summed E-state index contributed by atoms with van der Waals surface area (Å²) in [7, 11) is 0. The van der Waals surface area contributed by atoms with Crippen LogP contribution in [-0.2, 0) is 13.1 Å². The van der Waals surface area contributed by atoms with Crippen molar-refractivity contribution in [3.63, 3.8) is 0 Å². The predicted molar refractivity (Wildman–Crippen MR) is 80.1 cm³/mol. The number of pyridine rings is 1. The largest absolute Gasteiger partial charge is 0.504 e. The van der Waals surface area contributed by atoms with E-state index in [9.17, 15) is 14.3 Å². The van der Waals surface area contributed by atoms with Crippen molar-refractivity contribution < 1.29 is 9.50 Å². The first kappa shape index (κ1) is 14.2. The molecule has 0 radical (unpaired) electrons. The lowest BCUT2D eigenvalue weighted by Crippen LogP contribution is -2.19. The summed E-state index contributed by atoms with van der Waals surface area (Å²) in [4.78, 5) is 16.2. The first-order valence-electron chi connectivity index (χ1n) is 6.79. The highest BCUT2D eigenvalue weighted by Crippen LogP contribution is 2.13. The number of fused-ring (bicyclic) bond motifs is 1. The lowest BCUT2D eigenvalue weighted by molar-refractivity contribution is 0.476. The Kier molecular flexibility index (Phi) is 3.84. The summed E-state index contributed by atoms with van der Waals surface area (Å²) in [5, 5.41) is 12.9. The van der Waals surface area contributed by atoms with Gasteiger partial charge in [0.2, 0.25) is 0 Å². The minimum absolute atomic E-state index is 0.0417. The third kappa shape index (κ3) is 2.96. The van der Waals surface area contributed by atoms with Gasteiger partial charge in [0.1, 0.15) is 5.82 Å². The van der Waals surface area contributed by atoms with Gasteiger partial charge in [0.05, 0.1) is 5.69 Å². The fourth-order valence-electron chi connectivity index (χ4n) is 2.19. The van der Waals surface area contributed by atoms with E-state index in [1.54, 1.807) is 24.4 Å². The number of hydrogen-bond donors (Lipinski definition) is 2. The van der Waals surface area contributed by atoms with Gasteiger partial charge in [0.25, 0.3) is 5.56 Å². The molecule has 2 N–H and O–H groups in total. The minimum Gasteiger partial charge on any atom is -0.504 e. The quantitative estimate of drug-likeness (QED) is 0.771. The Hall–Kier alpha value is -2.73. The number of aromatic hydroxyl groups is 1. The zero-order valence-corrected chi connectivity index (χ0v) is 11.7. The number of benzene rings is 1. The number of aromatic nitrogens is 2. The van der Waals surface area contributed by atoms with Gasteiger partial charge in [0, 0.05) is 25.4 Å². The number of halogens is 1. The number of nitrogens with zero attached hydrogens (tertiary/aromatic N) is 2. The van der Waals surface area contributed by atoms with Crippen LogP contribution >= 0.6 is 0 Å². The first-order valence-corrected chi connectivity index (χ1v) is 6.79. The first-order chi connectivity index (χ1) is 10.6. The standard InChI is InChI=1S/C16H14FN3O2/c17-12-5-3-11(4-6-12)9-18-10-13-8-15(22)20-7-1-2-14(21)16(20)19-13/h1-8,18,21H,9-10H2. The van der Waals surface area contributed by atoms with Crippen LogP contribution in [0.4, 0.5) is 4.39 Å². The molecule has 2 aromatic heterocycles. The molecule has 112 valence electrons. The molecule has 5 nitrogen and oxygen atoms in total. The maximum atomic E-state index is 12.8. The van der Waals surface area contributed by atoms with E-state index in [0.717, 1.165) is 5.56 Å². The summed E-state index contributed by atoms with van der Waals surface area (Å²) in [6.45, 7) is 0.902. The normalized spacial score (nSPS) is 11.0. The molecule has 22 heavy (non-hydrogen) atoms. The van der Waals surface area contributed by atoms with E-state index in [-0.39, 0.29) is 22.8 Å². The third-order valence-corrected chi connectivity index (χ3v) is 3.27. The van der Waals surface area contributed by atoms with Crippen LogP contribution in [0.1, 0.15) is 11.3 Å². The second-order valence-electron chi connectivity index (χ2n) is 4.90. The molecule has 0 fully saturated rings. The summed E-state index contributed by atoms with van der Waals surface area (Å²) in [5.74, 6) is -0.316. The van der Waals surface area contributed by atoms with Gasteiger partial charge in [-0.2, -0.15) is 0 Å². The maximum absolute atomic E-state index is 12.8. The lowest BCUT2D eigenvalue weighted by Gasteiger charge is -2.07. The average molecular weight is 299 g/mol. The monoisotopic (exact) mass is 299 g/mol. The average Bonchev–Trinajstić information content (AvgIpc) is 2.50. The fraction of sp³-hybridized carbons (Fsp3) is 0.125. The SMILES string of the molecule is O=c1cc(CNCc2ccc(F)cc2)nc2c(O)cccn12. The molecule has 2 heterocycles. The molecule has 1 aromatic carbocycles. The second-order valence-corrected chi connectivity index (χ2v) is 4.90. The van der Waals surface area contributed by atoms with E-state index in [2.05, 4.69) is 10.3 Å². The zero-order valence-electron chi connectivity index (χ0n) is 11.7. The highest BCUT2D eigenvalue weighted by molar-refractivity contribution is 5.52. The van der Waals surface area contributed by atoms with Gasteiger partial charge in [-0.25, -0.2) is 9.37 Å². The summed E-state index contributed by atoms with van der Waals surface area (Å²) >= 11 is 0. The number of rotatable bonds is 4. The summed E-state index contributed by atoms with van der Waals surface area (Å²) < 4.78 is 14.1. The van der Waals surface area contributed by atoms with Crippen molar-refractivity contribution in [3.8, 4) is 5.75 Å². The molecule has 0 unspecified atom stereocenters. The topological polar surface area (TPSA) is 66.6 Å². The van der Waals surface area contributed by atoms with E-state index >= 15 is 0 Å². The molecular weight excluding hydrogens is 285 g/mol. The second kappa shape index (κ2) is 5.95. The van der Waals surface area contributed by atoms with Crippen molar-refractivity contribution >= 4 is 5.65 Å². The number of nitrogens with one attached hydrogen (secondary N) is 1. The molecule has 0 atom stereocenters. The van der Waals surface area contributed by atoms with Crippen LogP contribution in [-0.4, -0.2) is 14.5 Å². The van der Waals surface area contributed by atoms with Crippen LogP contribution < -0.4 is 10.9 Å². The van der Waals surface area contributed by atoms with E-state index in [1.807, 2.05) is 0 Å². The highest BCUT2D eigenvalue weighted by Gasteiger charge is 2.05. The van der Waals surface area contributed by atoms with Gasteiger partial charge in [-0.05, 0) is 29.8 Å². The van der Waals surface area contributed by atoms with E-state index in [4.69, 9.17) is 0 Å². The summed E-state index contributed by atoms with van der Waals surface area (Å²) in [6.07, 6.45) is 1.56. The molecule has 0 amide bonds. The maximum Gasteiger partial charge on any atom is 0.258 e. The van der Waals surface area contributed by atoms with Crippen LogP contribution in [0.3, 0.4) is 0 Å². The van der Waals surface area contributed by atoms with Crippen LogP contribution in [0.2, 0.25) is 0 Å². The van der Waals surface area contributed by atoms with Crippen molar-refractivity contribution in [2.75, 3.05) is 0 Å². The van der Waals surface area contributed by atoms with Gasteiger partial charge in [-0.3, -0.25) is 9.20 Å². The van der Waals surface area contributed by atoms with Crippen molar-refractivity contribution in [3.05, 3.63) is 76.1 Å². The van der Waals surface area contributed by atoms with Crippen LogP contribution in [0.25, 0.3) is 5.65 Å². The van der Waals surface area contributed by atoms with Crippen LogP contribution in [0.15, 0.2) is 53.5 Å². The van der Waals surface area contributed by atoms with Crippen LogP contribution in [0.5, 0.6) is 5.75 Å². The van der Waals surface area contributed by atoms with Crippen molar-refractivity contribution in [1.29, 1.82) is 0 Å². The molecule has 0 aliphatic rings. The van der Waals surface area contributed by atoms with Gasteiger partial charge in [-0.1, -0.05) is 12.1 Å². The van der Waals surface area contributed by atoms with Crippen molar-refractivity contribution in [2.24, 2.45) is 0 Å². The Labute approximate surface area is 125 Å². The van der Waals surface area contributed by atoms with Gasteiger partial charge < -0.3 is 10.4 Å². The molecule has 0 saturated carbocycles. The minimum atomic E-state index is -0.275. The lowest BCUT2D eigenvalue weighted by atomic mass is 10.2. The third-order valence-electron chi connectivity index (χ3n) is 3.27. The summed E-state index contributed by atoms with van der Waals surface area (Å²) in [6, 6.07) is 10.7. The molecule has 3 aromatic rings. The number of hydrogen-bond acceptors (Lipinski definition) is 4. The molecule has 0 aliphatic heterocycles. The van der Waals surface area contributed by atoms with E-state index in [0.29, 0.717) is 18.8 Å². The Morgan fingerprint density at radius 1 is 1.18 bits per heavy atom. The highest BCUT2D eigenvalue weighted by atomic mass is 19.1. The fourth-order valence-corrected chi connectivity index (χ4v) is 2.19. The summed E-state index contributed by atoms with van der Waals surface area (Å²) in [5.41, 5.74) is 1.45. The molecule has 3 rings (SSSR count). The van der Waals surface area contributed by atoms with E-state index < -0.39 is 0 Å². The molecule has 0 bridgehead atoms. The Morgan fingerprint density at radius 3 is 2.73 bits per heavy atom. The van der Waals surface area contributed by atoms with Crippen LogP contribution in [0, 0.1) is 5.82 Å². The van der Waals surface area contributed by atoms with Gasteiger partial charge >= 0.3 is 0 Å². The Morgan fingerprint density at radius 2 is 1.95 bits per heavy atom. The van der Waals surface area contributed by atoms with Gasteiger partial charge in [0.15, 0.2) is 11.4 Å². The molecule has 6 heteroatoms. The predicted octanol–water partition coefficient (Wildman–Crippen LogP) is 1.83. The van der Waals surface area contributed by atoms with E-state index in [1.165, 1.54) is 28.7 Å². The smallest absolute Gasteiger partial charge is 0.258 e. The van der Waals surface area contributed by atoms with Crippen molar-refractivity contribution in [2.45, 2.75) is 13.1 Å². The molecule has 0 spiro atoms. The van der Waals surface area contributed by atoms with Crippen molar-refractivity contribution in [1.82, 2.24) is 14.7 Å². The Balaban J connectivity index is 1.75. The zero-order chi connectivity index (χ0) is 15.5. The molecule has 0 aliphatic carbocycles. The molecule has 0 saturated heterocycles. The van der Waals surface area contributed by atoms with Gasteiger partial charge in [-0.15, -0.1) is 0 Å².